The van der Waals surface area contributed by atoms with Gasteiger partial charge in [0.2, 0.25) is 0 Å². The summed E-state index contributed by atoms with van der Waals surface area (Å²) in [7, 11) is -4.79. The second kappa shape index (κ2) is 58.3. The predicted molar refractivity (Wildman–Crippen MR) is 325 cm³/mol. The molecule has 0 rings (SSSR count). The summed E-state index contributed by atoms with van der Waals surface area (Å²) in [5, 5.41) is 9.83. The summed E-state index contributed by atoms with van der Waals surface area (Å²) < 4.78 is 39.4. The van der Waals surface area contributed by atoms with E-state index in [1.54, 1.807) is 0 Å². The summed E-state index contributed by atoms with van der Waals surface area (Å²) in [6, 6.07) is 0. The normalized spacial score (nSPS) is 14.5. The number of rotatable bonds is 52. The zero-order valence-electron chi connectivity index (χ0n) is 48.3. The Hall–Kier alpha value is -4.90. The Morgan fingerprint density at radius 1 is 0.372 bits per heavy atom. The third-order valence-corrected chi connectivity index (χ3v) is 12.4. The number of allylic oxidation sites excluding steroid dienone is 26. The maximum Gasteiger partial charge on any atom is 0.472 e. The molecule has 0 fully saturated rings. The smallest absolute Gasteiger partial charge is 0.462 e. The highest BCUT2D eigenvalue weighted by Gasteiger charge is 2.28. The fourth-order valence-electron chi connectivity index (χ4n) is 7.03. The van der Waals surface area contributed by atoms with E-state index in [2.05, 4.69) is 167 Å². The Bertz CT molecular complexity index is 1910. The van der Waals surface area contributed by atoms with Gasteiger partial charge < -0.3 is 24.2 Å². The predicted octanol–water partition coefficient (Wildman–Crippen LogP) is 17.7. The van der Waals surface area contributed by atoms with Crippen LogP contribution in [-0.2, 0) is 42.2 Å². The molecule has 0 aromatic heterocycles. The molecule has 11 nitrogen and oxygen atoms in total. The Labute approximate surface area is 473 Å². The van der Waals surface area contributed by atoms with Crippen LogP contribution in [0.3, 0.4) is 0 Å². The fraction of sp³-hybridized carbons (Fsp3) is 0.561. The van der Waals surface area contributed by atoms with Crippen LogP contribution >= 0.6 is 7.82 Å². The number of unbranched alkanes of at least 4 members (excludes halogenated alkanes) is 9. The quantitative estimate of drug-likeness (QED) is 0.0197. The van der Waals surface area contributed by atoms with Crippen molar-refractivity contribution in [2.75, 3.05) is 26.4 Å². The Morgan fingerprint density at radius 2 is 0.692 bits per heavy atom. The summed E-state index contributed by atoms with van der Waals surface area (Å²) in [5.41, 5.74) is 0. The first-order chi connectivity index (χ1) is 38.2. The van der Waals surface area contributed by atoms with E-state index in [1.807, 2.05) is 12.2 Å². The fourth-order valence-corrected chi connectivity index (χ4v) is 7.82. The second-order valence-electron chi connectivity index (χ2n) is 18.7. The molecule has 2 N–H and O–H groups in total. The molecule has 12 heteroatoms. The summed E-state index contributed by atoms with van der Waals surface area (Å²) in [5.74, 6) is -1.64. The van der Waals surface area contributed by atoms with Crippen molar-refractivity contribution in [3.05, 3.63) is 158 Å². The Morgan fingerprint density at radius 3 is 1.12 bits per heavy atom. The summed E-state index contributed by atoms with van der Waals surface area (Å²) in [4.78, 5) is 48.5. The largest absolute Gasteiger partial charge is 0.472 e. The van der Waals surface area contributed by atoms with E-state index in [0.29, 0.717) is 25.7 Å². The minimum absolute atomic E-state index is 0.0273. The summed E-state index contributed by atoms with van der Waals surface area (Å²) in [6.45, 7) is 4.18. The molecule has 0 saturated carbocycles. The Kier molecular flexibility index (Phi) is 54.6. The molecule has 0 bridgehead atoms. The van der Waals surface area contributed by atoms with Crippen LogP contribution in [0.2, 0.25) is 0 Å². The van der Waals surface area contributed by atoms with Crippen molar-refractivity contribution in [1.29, 1.82) is 0 Å². The number of carbonyl (C=O) groups excluding carboxylic acids is 3. The molecule has 0 heterocycles. The van der Waals surface area contributed by atoms with Gasteiger partial charge in [0.1, 0.15) is 12.7 Å². The van der Waals surface area contributed by atoms with E-state index in [1.165, 1.54) is 0 Å². The van der Waals surface area contributed by atoms with E-state index < -0.39 is 57.8 Å². The van der Waals surface area contributed by atoms with Crippen LogP contribution in [0.4, 0.5) is 0 Å². The molecule has 0 aromatic rings. The number of hydrogen-bond acceptors (Lipinski definition) is 10. The van der Waals surface area contributed by atoms with Crippen molar-refractivity contribution in [2.45, 2.75) is 213 Å². The first-order valence-electron chi connectivity index (χ1n) is 29.4. The molecule has 0 amide bonds. The summed E-state index contributed by atoms with van der Waals surface area (Å²) >= 11 is 0. The van der Waals surface area contributed by atoms with Gasteiger partial charge in [-0.1, -0.05) is 211 Å². The monoisotopic (exact) mass is 1100 g/mol. The van der Waals surface area contributed by atoms with Crippen molar-refractivity contribution in [1.82, 2.24) is 0 Å². The van der Waals surface area contributed by atoms with Crippen LogP contribution < -0.4 is 0 Å². The van der Waals surface area contributed by atoms with E-state index in [-0.39, 0.29) is 25.9 Å². The highest BCUT2D eigenvalue weighted by Crippen LogP contribution is 2.43. The molecule has 438 valence electrons. The van der Waals surface area contributed by atoms with Crippen LogP contribution in [0.15, 0.2) is 158 Å². The number of ether oxygens (including phenoxy) is 3. The molecular formula is C66H103O11P. The van der Waals surface area contributed by atoms with Gasteiger partial charge in [0.25, 0.3) is 0 Å². The van der Waals surface area contributed by atoms with Gasteiger partial charge in [0, 0.05) is 19.3 Å². The molecule has 0 radical (unpaired) electrons. The number of esters is 3. The minimum Gasteiger partial charge on any atom is -0.462 e. The second-order valence-corrected chi connectivity index (χ2v) is 20.1. The lowest BCUT2D eigenvalue weighted by Gasteiger charge is -2.21. The van der Waals surface area contributed by atoms with Gasteiger partial charge in [-0.3, -0.25) is 23.4 Å². The average Bonchev–Trinajstić information content (AvgIpc) is 3.43. The van der Waals surface area contributed by atoms with E-state index in [0.717, 1.165) is 135 Å². The van der Waals surface area contributed by atoms with E-state index in [9.17, 15) is 28.9 Å². The topological polar surface area (TPSA) is 155 Å². The van der Waals surface area contributed by atoms with E-state index >= 15 is 0 Å². The van der Waals surface area contributed by atoms with Gasteiger partial charge in [-0.2, -0.15) is 0 Å². The molecule has 0 aromatic carbocycles. The molecular weight excluding hydrogens is 1000 g/mol. The van der Waals surface area contributed by atoms with Crippen molar-refractivity contribution < 1.29 is 52.2 Å². The Balaban J connectivity index is 4.87. The molecule has 0 aliphatic carbocycles. The number of phosphoric acid groups is 1. The maximum atomic E-state index is 12.9. The minimum atomic E-state index is -4.79. The SMILES string of the molecule is CC/C=C\C/C=C\C/C=C\C/C=C\C/C=C\C/C=C\CCC(=O)OC(COC(=O)CCCCCCC/C=C\C/C=C\CCC)COP(=O)(O)OCC(CO)OC(=O)CCCCC/C=C\C/C=C\C/C=C\C/C=C\C/C=C\CC. The summed E-state index contributed by atoms with van der Waals surface area (Å²) in [6.07, 6.45) is 76.4. The van der Waals surface area contributed by atoms with Crippen molar-refractivity contribution in [3.8, 4) is 0 Å². The standard InChI is InChI=1S/C66H103O11P/c1-4-7-10-13-16-19-22-25-27-29-31-33-35-38-41-44-47-50-53-56-65(69)76-62(58-67)60-74-78(71,72)75-61-63(59-73-64(68)55-52-49-46-43-40-37-24-21-18-15-12-9-6-3)77-66(70)57-54-51-48-45-42-39-36-34-32-30-28-26-23-20-17-14-11-8-5-2/h7-8,10-12,15-17,19-21,24-28,31-34,38-39,41-42,48,51,62-63,67H,4-6,9,13-14,18,22-23,29-30,35-37,40,43-47,49-50,52-61H2,1-3H3,(H,71,72)/b10-7-,11-8-,15-12-,19-16-,20-17-,24-21-,27-25-,28-26-,33-31-,34-32-,41-38-,42-39-,51-48-. The highest BCUT2D eigenvalue weighted by molar-refractivity contribution is 7.47. The van der Waals surface area contributed by atoms with Gasteiger partial charge in [-0.15, -0.1) is 0 Å². The van der Waals surface area contributed by atoms with Crippen molar-refractivity contribution in [2.24, 2.45) is 0 Å². The van der Waals surface area contributed by atoms with Gasteiger partial charge in [0.05, 0.1) is 19.8 Å². The highest BCUT2D eigenvalue weighted by atomic mass is 31.2. The number of hydrogen-bond donors (Lipinski definition) is 2. The molecule has 3 atom stereocenters. The number of aliphatic hydroxyl groups excluding tert-OH is 1. The number of aliphatic hydroxyl groups is 1. The van der Waals surface area contributed by atoms with Crippen LogP contribution in [0.1, 0.15) is 201 Å². The third-order valence-electron chi connectivity index (χ3n) is 11.4. The van der Waals surface area contributed by atoms with Crippen molar-refractivity contribution >= 4 is 25.7 Å². The number of carbonyl (C=O) groups is 3. The van der Waals surface area contributed by atoms with E-state index in [4.69, 9.17) is 23.3 Å². The third kappa shape index (κ3) is 55.8. The van der Waals surface area contributed by atoms with Crippen LogP contribution in [-0.4, -0.2) is 66.5 Å². The molecule has 0 aliphatic rings. The van der Waals surface area contributed by atoms with Gasteiger partial charge in [-0.05, 0) is 128 Å². The van der Waals surface area contributed by atoms with Gasteiger partial charge in [-0.25, -0.2) is 4.57 Å². The molecule has 0 spiro atoms. The van der Waals surface area contributed by atoms with Crippen molar-refractivity contribution in [3.63, 3.8) is 0 Å². The first kappa shape index (κ1) is 73.1. The van der Waals surface area contributed by atoms with Gasteiger partial charge >= 0.3 is 25.7 Å². The molecule has 0 saturated heterocycles. The number of phosphoric ester groups is 1. The van der Waals surface area contributed by atoms with Crippen LogP contribution in [0.25, 0.3) is 0 Å². The zero-order chi connectivity index (χ0) is 56.9. The lowest BCUT2D eigenvalue weighted by atomic mass is 10.1. The van der Waals surface area contributed by atoms with Gasteiger partial charge in [0.15, 0.2) is 6.10 Å². The molecule has 0 aliphatic heterocycles. The van der Waals surface area contributed by atoms with Crippen LogP contribution in [0.5, 0.6) is 0 Å². The average molecular weight is 1100 g/mol. The lowest BCUT2D eigenvalue weighted by Crippen LogP contribution is -2.30. The maximum absolute atomic E-state index is 12.9. The zero-order valence-corrected chi connectivity index (χ0v) is 49.2. The van der Waals surface area contributed by atoms with Crippen LogP contribution in [0, 0.1) is 0 Å². The molecule has 3 unspecified atom stereocenters. The first-order valence-corrected chi connectivity index (χ1v) is 30.9. The molecule has 78 heavy (non-hydrogen) atoms. The lowest BCUT2D eigenvalue weighted by molar-refractivity contribution is -0.161.